The van der Waals surface area contributed by atoms with Crippen molar-refractivity contribution < 1.29 is 14.0 Å². The molecule has 37 heavy (non-hydrogen) atoms. The Morgan fingerprint density at radius 1 is 0.595 bits per heavy atom. The van der Waals surface area contributed by atoms with Crippen LogP contribution in [0.2, 0.25) is 0 Å². The highest BCUT2D eigenvalue weighted by Crippen LogP contribution is 2.23. The molecule has 4 aromatic carbocycles. The molecule has 0 aliphatic heterocycles. The lowest BCUT2D eigenvalue weighted by molar-refractivity contribution is 0.103. The summed E-state index contributed by atoms with van der Waals surface area (Å²) in [5.41, 5.74) is 3.18. The Balaban J connectivity index is 1.34. The molecule has 0 bridgehead atoms. The summed E-state index contributed by atoms with van der Waals surface area (Å²) >= 11 is 0. The quantitative estimate of drug-likeness (QED) is 0.241. The fourth-order valence-electron chi connectivity index (χ4n) is 3.77. The number of aromatic nitrogens is 2. The van der Waals surface area contributed by atoms with Gasteiger partial charge in [0.1, 0.15) is 0 Å². The molecule has 7 heteroatoms. The van der Waals surface area contributed by atoms with Crippen LogP contribution >= 0.6 is 0 Å². The van der Waals surface area contributed by atoms with E-state index in [4.69, 9.17) is 0 Å². The number of halogens is 1. The van der Waals surface area contributed by atoms with Crippen LogP contribution in [-0.4, -0.2) is 21.5 Å². The molecule has 0 radical (unpaired) electrons. The molecule has 2 N–H and O–H groups in total. The maximum Gasteiger partial charge on any atom is 0.229 e. The second kappa shape index (κ2) is 10.6. The highest BCUT2D eigenvalue weighted by atomic mass is 19.1. The van der Waals surface area contributed by atoms with Crippen molar-refractivity contribution in [1.82, 2.24) is 9.97 Å². The van der Waals surface area contributed by atoms with Gasteiger partial charge in [-0.2, -0.15) is 4.98 Å². The number of hydrogen-bond acceptors (Lipinski definition) is 6. The lowest BCUT2D eigenvalue weighted by Gasteiger charge is -2.11. The number of anilines is 4. The Labute approximate surface area is 212 Å². The Hall–Kier alpha value is -5.17. The van der Waals surface area contributed by atoms with Crippen LogP contribution in [0.5, 0.6) is 0 Å². The van der Waals surface area contributed by atoms with Crippen LogP contribution in [0.1, 0.15) is 31.8 Å². The van der Waals surface area contributed by atoms with Crippen molar-refractivity contribution in [1.29, 1.82) is 0 Å². The molecular formula is C30H21FN4O2. The van der Waals surface area contributed by atoms with Crippen molar-refractivity contribution in [2.24, 2.45) is 0 Å². The second-order valence-electron chi connectivity index (χ2n) is 8.19. The third-order valence-electron chi connectivity index (χ3n) is 5.58. The Morgan fingerprint density at radius 3 is 1.62 bits per heavy atom. The van der Waals surface area contributed by atoms with Crippen molar-refractivity contribution in [3.05, 3.63) is 143 Å². The van der Waals surface area contributed by atoms with Crippen LogP contribution in [0.25, 0.3) is 0 Å². The van der Waals surface area contributed by atoms with E-state index in [0.29, 0.717) is 33.6 Å². The normalized spacial score (nSPS) is 10.5. The lowest BCUT2D eigenvalue weighted by atomic mass is 10.0. The molecule has 6 nitrogen and oxygen atoms in total. The lowest BCUT2D eigenvalue weighted by Crippen LogP contribution is -2.06. The van der Waals surface area contributed by atoms with Crippen LogP contribution in [0.4, 0.5) is 27.5 Å². The topological polar surface area (TPSA) is 84.0 Å². The van der Waals surface area contributed by atoms with E-state index >= 15 is 0 Å². The van der Waals surface area contributed by atoms with E-state index in [2.05, 4.69) is 20.6 Å². The molecule has 1 aromatic heterocycles. The summed E-state index contributed by atoms with van der Waals surface area (Å²) in [6.07, 6.45) is 1.05. The predicted octanol–water partition coefficient (Wildman–Crippen LogP) is 6.56. The minimum absolute atomic E-state index is 0.0571. The van der Waals surface area contributed by atoms with Crippen LogP contribution in [0.15, 0.2) is 115 Å². The third kappa shape index (κ3) is 5.57. The fourth-order valence-corrected chi connectivity index (χ4v) is 3.77. The van der Waals surface area contributed by atoms with Gasteiger partial charge in [-0.1, -0.05) is 84.9 Å². The largest absolute Gasteiger partial charge is 0.338 e. The fraction of sp³-hybridized carbons (Fsp3) is 0. The van der Waals surface area contributed by atoms with Crippen LogP contribution in [0.3, 0.4) is 0 Å². The first-order chi connectivity index (χ1) is 18.1. The molecule has 0 amide bonds. The van der Waals surface area contributed by atoms with Crippen molar-refractivity contribution in [2.45, 2.75) is 0 Å². The number of rotatable bonds is 8. The van der Waals surface area contributed by atoms with Crippen molar-refractivity contribution in [2.75, 3.05) is 10.6 Å². The van der Waals surface area contributed by atoms with E-state index < -0.39 is 5.82 Å². The molecule has 0 atom stereocenters. The smallest absolute Gasteiger partial charge is 0.229 e. The zero-order valence-corrected chi connectivity index (χ0v) is 19.6. The zero-order valence-electron chi connectivity index (χ0n) is 19.6. The predicted molar refractivity (Wildman–Crippen MR) is 141 cm³/mol. The van der Waals surface area contributed by atoms with Crippen LogP contribution < -0.4 is 10.6 Å². The van der Waals surface area contributed by atoms with Crippen molar-refractivity contribution in [3.63, 3.8) is 0 Å². The molecule has 0 fully saturated rings. The first kappa shape index (κ1) is 23.6. The van der Waals surface area contributed by atoms with E-state index in [1.54, 1.807) is 84.9 Å². The zero-order chi connectivity index (χ0) is 25.6. The van der Waals surface area contributed by atoms with E-state index in [0.717, 1.165) is 6.20 Å². The molecule has 0 aliphatic carbocycles. The van der Waals surface area contributed by atoms with Gasteiger partial charge in [-0.15, -0.1) is 0 Å². The minimum Gasteiger partial charge on any atom is -0.338 e. The van der Waals surface area contributed by atoms with Crippen molar-refractivity contribution >= 4 is 34.7 Å². The third-order valence-corrected chi connectivity index (χ3v) is 5.58. The summed E-state index contributed by atoms with van der Waals surface area (Å²) in [4.78, 5) is 33.8. The maximum atomic E-state index is 14.5. The standard InChI is InChI=1S/C30H21FN4O2/c31-26-19-32-30(34-25-16-8-14-23(18-25)28(37)21-11-5-2-6-12-21)35-29(26)33-24-15-7-13-22(17-24)27(36)20-9-3-1-4-10-20/h1-19H,(H2,32,33,34,35). The number of nitrogens with one attached hydrogen (secondary N) is 2. The molecule has 0 saturated carbocycles. The second-order valence-corrected chi connectivity index (χ2v) is 8.19. The highest BCUT2D eigenvalue weighted by molar-refractivity contribution is 6.10. The molecule has 0 spiro atoms. The van der Waals surface area contributed by atoms with Gasteiger partial charge in [0, 0.05) is 33.6 Å². The maximum absolute atomic E-state index is 14.5. The monoisotopic (exact) mass is 488 g/mol. The van der Waals surface area contributed by atoms with Crippen LogP contribution in [0, 0.1) is 5.82 Å². The van der Waals surface area contributed by atoms with Gasteiger partial charge in [0.15, 0.2) is 23.2 Å². The van der Waals surface area contributed by atoms with Gasteiger partial charge in [-0.05, 0) is 24.3 Å². The summed E-state index contributed by atoms with van der Waals surface area (Å²) in [7, 11) is 0. The molecule has 0 unspecified atom stereocenters. The summed E-state index contributed by atoms with van der Waals surface area (Å²) in [6.45, 7) is 0. The Kier molecular flexibility index (Phi) is 6.76. The van der Waals surface area contributed by atoms with Crippen molar-refractivity contribution in [3.8, 4) is 0 Å². The highest BCUT2D eigenvalue weighted by Gasteiger charge is 2.13. The van der Waals surface area contributed by atoms with Gasteiger partial charge in [-0.3, -0.25) is 9.59 Å². The Bertz CT molecular complexity index is 1570. The van der Waals surface area contributed by atoms with E-state index in [9.17, 15) is 14.0 Å². The molecule has 5 aromatic rings. The number of benzene rings is 4. The van der Waals surface area contributed by atoms with Gasteiger partial charge >= 0.3 is 0 Å². The number of hydrogen-bond donors (Lipinski definition) is 2. The molecule has 1 heterocycles. The van der Waals surface area contributed by atoms with E-state index in [1.807, 2.05) is 24.3 Å². The summed E-state index contributed by atoms with van der Waals surface area (Å²) in [5.74, 6) is -0.822. The first-order valence-corrected chi connectivity index (χ1v) is 11.5. The minimum atomic E-state index is -0.654. The van der Waals surface area contributed by atoms with Gasteiger partial charge in [0.25, 0.3) is 0 Å². The molecule has 0 saturated heterocycles. The molecule has 5 rings (SSSR count). The van der Waals surface area contributed by atoms with Gasteiger partial charge in [-0.25, -0.2) is 9.37 Å². The summed E-state index contributed by atoms with van der Waals surface area (Å²) in [6, 6.07) is 31.6. The van der Waals surface area contributed by atoms with Gasteiger partial charge in [0.2, 0.25) is 5.95 Å². The number of carbonyl (C=O) groups excluding carboxylic acids is 2. The number of nitrogens with zero attached hydrogens (tertiary/aromatic N) is 2. The molecule has 0 aliphatic rings. The average molecular weight is 489 g/mol. The average Bonchev–Trinajstić information content (AvgIpc) is 2.95. The SMILES string of the molecule is O=C(c1ccccc1)c1cccc(Nc2ncc(F)c(Nc3cccc(C(=O)c4ccccc4)c3)n2)c1. The number of carbonyl (C=O) groups is 2. The van der Waals surface area contributed by atoms with Crippen LogP contribution in [-0.2, 0) is 0 Å². The molecular weight excluding hydrogens is 467 g/mol. The van der Waals surface area contributed by atoms with E-state index in [1.165, 1.54) is 0 Å². The first-order valence-electron chi connectivity index (χ1n) is 11.5. The summed E-state index contributed by atoms with van der Waals surface area (Å²) in [5, 5.41) is 5.94. The summed E-state index contributed by atoms with van der Waals surface area (Å²) < 4.78 is 14.5. The molecule has 180 valence electrons. The Morgan fingerprint density at radius 2 is 1.08 bits per heavy atom. The van der Waals surface area contributed by atoms with Gasteiger partial charge < -0.3 is 10.6 Å². The van der Waals surface area contributed by atoms with E-state index in [-0.39, 0.29) is 23.3 Å². The van der Waals surface area contributed by atoms with Gasteiger partial charge in [0.05, 0.1) is 6.20 Å². The number of ketones is 2.